The van der Waals surface area contributed by atoms with E-state index in [1.165, 1.54) is 0 Å². The molecule has 0 fully saturated rings. The zero-order valence-corrected chi connectivity index (χ0v) is 10.7. The lowest BCUT2D eigenvalue weighted by atomic mass is 10.1. The highest BCUT2D eigenvalue weighted by molar-refractivity contribution is 6.03. The largest absolute Gasteiger partial charge is 0.304 e. The van der Waals surface area contributed by atoms with E-state index in [1.54, 1.807) is 12.3 Å². The van der Waals surface area contributed by atoms with Crippen molar-refractivity contribution < 1.29 is 4.79 Å². The molecule has 0 atom stereocenters. The summed E-state index contributed by atoms with van der Waals surface area (Å²) in [6.07, 6.45) is 1.60. The van der Waals surface area contributed by atoms with Gasteiger partial charge in [0.05, 0.1) is 0 Å². The van der Waals surface area contributed by atoms with E-state index in [2.05, 4.69) is 34.3 Å². The fourth-order valence-corrected chi connectivity index (χ4v) is 1.60. The molecule has 94 valence electrons. The summed E-state index contributed by atoms with van der Waals surface area (Å²) in [7, 11) is 0. The molecule has 0 spiro atoms. The number of hydrogen-bond donors (Lipinski definition) is 2. The lowest BCUT2D eigenvalue weighted by Gasteiger charge is -2.03. The van der Waals surface area contributed by atoms with Crippen LogP contribution in [0.1, 0.15) is 41.5 Å². The third-order valence-electron chi connectivity index (χ3n) is 2.69. The minimum atomic E-state index is -0.241. The Hall–Kier alpha value is -2.17. The number of pyridine rings is 1. The van der Waals surface area contributed by atoms with Crippen LogP contribution in [0.4, 0.5) is 5.82 Å². The van der Waals surface area contributed by atoms with Crippen LogP contribution in [0.2, 0.25) is 0 Å². The minimum Gasteiger partial charge on any atom is -0.304 e. The average Bonchev–Trinajstić information content (AvgIpc) is 2.78. The maximum Gasteiger partial charge on any atom is 0.275 e. The molecule has 5 nitrogen and oxygen atoms in total. The fourth-order valence-electron chi connectivity index (χ4n) is 1.60. The summed E-state index contributed by atoms with van der Waals surface area (Å²) in [6, 6.07) is 5.49. The smallest absolute Gasteiger partial charge is 0.275 e. The van der Waals surface area contributed by atoms with Gasteiger partial charge in [-0.3, -0.25) is 14.9 Å². The second-order valence-corrected chi connectivity index (χ2v) is 4.49. The number of anilines is 1. The number of amides is 1. The van der Waals surface area contributed by atoms with Crippen LogP contribution < -0.4 is 5.32 Å². The van der Waals surface area contributed by atoms with Gasteiger partial charge in [0.15, 0.2) is 5.82 Å². The van der Waals surface area contributed by atoms with Gasteiger partial charge in [0.1, 0.15) is 5.69 Å². The van der Waals surface area contributed by atoms with Crippen LogP contribution in [-0.4, -0.2) is 21.1 Å². The Labute approximate surface area is 106 Å². The second kappa shape index (κ2) is 5.00. The topological polar surface area (TPSA) is 70.7 Å². The third-order valence-corrected chi connectivity index (χ3v) is 2.69. The zero-order chi connectivity index (χ0) is 13.1. The van der Waals surface area contributed by atoms with Gasteiger partial charge in [-0.25, -0.2) is 0 Å². The third kappa shape index (κ3) is 2.56. The van der Waals surface area contributed by atoms with Gasteiger partial charge < -0.3 is 5.32 Å². The molecular formula is C13H16N4O. The summed E-state index contributed by atoms with van der Waals surface area (Å²) in [5.74, 6) is 0.628. The molecule has 0 saturated carbocycles. The van der Waals surface area contributed by atoms with E-state index >= 15 is 0 Å². The average molecular weight is 244 g/mol. The zero-order valence-electron chi connectivity index (χ0n) is 10.7. The Bertz CT molecular complexity index is 560. The van der Waals surface area contributed by atoms with E-state index in [4.69, 9.17) is 0 Å². The molecule has 0 aliphatic heterocycles. The standard InChI is InChI=1S/C13H16N4O/c1-8(2)10-7-11(17-16-10)15-13(18)12-9(3)5-4-6-14-12/h4-8H,1-3H3,(H2,15,16,17,18). The van der Waals surface area contributed by atoms with Crippen molar-refractivity contribution in [3.8, 4) is 0 Å². The summed E-state index contributed by atoms with van der Waals surface area (Å²) in [6.45, 7) is 5.97. The molecular weight excluding hydrogens is 228 g/mol. The van der Waals surface area contributed by atoms with Crippen LogP contribution in [0.3, 0.4) is 0 Å². The molecule has 2 heterocycles. The van der Waals surface area contributed by atoms with Gasteiger partial charge in [0, 0.05) is 18.0 Å². The van der Waals surface area contributed by atoms with E-state index in [0.29, 0.717) is 17.4 Å². The lowest BCUT2D eigenvalue weighted by Crippen LogP contribution is -2.15. The molecule has 2 aromatic rings. The van der Waals surface area contributed by atoms with Gasteiger partial charge in [-0.2, -0.15) is 5.10 Å². The quantitative estimate of drug-likeness (QED) is 0.871. The SMILES string of the molecule is Cc1cccnc1C(=O)Nc1cc(C(C)C)[nH]n1. The number of nitrogens with zero attached hydrogens (tertiary/aromatic N) is 2. The Morgan fingerprint density at radius 2 is 2.22 bits per heavy atom. The number of rotatable bonds is 3. The van der Waals surface area contributed by atoms with Crippen LogP contribution in [0.5, 0.6) is 0 Å². The highest BCUT2D eigenvalue weighted by Crippen LogP contribution is 2.15. The summed E-state index contributed by atoms with van der Waals surface area (Å²) in [4.78, 5) is 16.1. The first-order valence-corrected chi connectivity index (χ1v) is 5.86. The molecule has 0 aliphatic rings. The first kappa shape index (κ1) is 12.3. The Balaban J connectivity index is 2.14. The Morgan fingerprint density at radius 3 is 2.83 bits per heavy atom. The molecule has 0 aromatic carbocycles. The highest BCUT2D eigenvalue weighted by Gasteiger charge is 2.12. The van der Waals surface area contributed by atoms with Crippen molar-refractivity contribution in [3.05, 3.63) is 41.3 Å². The lowest BCUT2D eigenvalue weighted by molar-refractivity contribution is 0.102. The summed E-state index contributed by atoms with van der Waals surface area (Å²) < 4.78 is 0. The van der Waals surface area contributed by atoms with Crippen LogP contribution in [0, 0.1) is 6.92 Å². The van der Waals surface area contributed by atoms with Gasteiger partial charge >= 0.3 is 0 Å². The van der Waals surface area contributed by atoms with Crippen molar-refractivity contribution in [2.45, 2.75) is 26.7 Å². The Morgan fingerprint density at radius 1 is 1.44 bits per heavy atom. The maximum atomic E-state index is 12.0. The molecule has 0 aliphatic carbocycles. The predicted molar refractivity (Wildman–Crippen MR) is 69.6 cm³/mol. The van der Waals surface area contributed by atoms with Crippen LogP contribution in [0.15, 0.2) is 24.4 Å². The van der Waals surface area contributed by atoms with Gasteiger partial charge in [0.2, 0.25) is 0 Å². The molecule has 2 aromatic heterocycles. The van der Waals surface area contributed by atoms with Crippen molar-refractivity contribution in [3.63, 3.8) is 0 Å². The number of aromatic amines is 1. The van der Waals surface area contributed by atoms with Crippen LogP contribution in [0.25, 0.3) is 0 Å². The second-order valence-electron chi connectivity index (χ2n) is 4.49. The number of nitrogens with one attached hydrogen (secondary N) is 2. The molecule has 0 bridgehead atoms. The van der Waals surface area contributed by atoms with Crippen LogP contribution in [-0.2, 0) is 0 Å². The van der Waals surface area contributed by atoms with Crippen molar-refractivity contribution in [1.82, 2.24) is 15.2 Å². The van der Waals surface area contributed by atoms with Crippen molar-refractivity contribution in [1.29, 1.82) is 0 Å². The molecule has 5 heteroatoms. The number of carbonyl (C=O) groups is 1. The van der Waals surface area contributed by atoms with Gasteiger partial charge in [-0.05, 0) is 24.5 Å². The minimum absolute atomic E-state index is 0.241. The number of carbonyl (C=O) groups excluding carboxylic acids is 1. The van der Waals surface area contributed by atoms with Gasteiger partial charge in [0.25, 0.3) is 5.91 Å². The number of aromatic nitrogens is 3. The van der Waals surface area contributed by atoms with Crippen LogP contribution >= 0.6 is 0 Å². The molecule has 0 unspecified atom stereocenters. The molecule has 0 radical (unpaired) electrons. The first-order chi connectivity index (χ1) is 8.58. The number of hydrogen-bond acceptors (Lipinski definition) is 3. The highest BCUT2D eigenvalue weighted by atomic mass is 16.2. The summed E-state index contributed by atoms with van der Waals surface area (Å²) >= 11 is 0. The van der Waals surface area contributed by atoms with E-state index in [9.17, 15) is 4.79 Å². The maximum absolute atomic E-state index is 12.0. The number of H-pyrrole nitrogens is 1. The fraction of sp³-hybridized carbons (Fsp3) is 0.308. The summed E-state index contributed by atoms with van der Waals surface area (Å²) in [5.41, 5.74) is 2.25. The molecule has 18 heavy (non-hydrogen) atoms. The van der Waals surface area contributed by atoms with Gasteiger partial charge in [-0.15, -0.1) is 0 Å². The normalized spacial score (nSPS) is 10.7. The summed E-state index contributed by atoms with van der Waals surface area (Å²) in [5, 5.41) is 9.67. The van der Waals surface area contributed by atoms with E-state index < -0.39 is 0 Å². The van der Waals surface area contributed by atoms with E-state index in [1.807, 2.05) is 19.1 Å². The van der Waals surface area contributed by atoms with Crippen molar-refractivity contribution >= 4 is 11.7 Å². The molecule has 2 N–H and O–H groups in total. The first-order valence-electron chi connectivity index (χ1n) is 5.86. The molecule has 0 saturated heterocycles. The predicted octanol–water partition coefficient (Wildman–Crippen LogP) is 2.49. The van der Waals surface area contributed by atoms with Gasteiger partial charge in [-0.1, -0.05) is 19.9 Å². The molecule has 1 amide bonds. The van der Waals surface area contributed by atoms with E-state index in [0.717, 1.165) is 11.3 Å². The van der Waals surface area contributed by atoms with E-state index in [-0.39, 0.29) is 5.91 Å². The number of aryl methyl sites for hydroxylation is 1. The van der Waals surface area contributed by atoms with Crippen molar-refractivity contribution in [2.24, 2.45) is 0 Å². The van der Waals surface area contributed by atoms with Crippen molar-refractivity contribution in [2.75, 3.05) is 5.32 Å². The monoisotopic (exact) mass is 244 g/mol. The molecule has 2 rings (SSSR count). The Kier molecular flexibility index (Phi) is 3.41.